The summed E-state index contributed by atoms with van der Waals surface area (Å²) in [5.41, 5.74) is -0.661. The van der Waals surface area contributed by atoms with Gasteiger partial charge in [0.15, 0.2) is 11.6 Å². The van der Waals surface area contributed by atoms with E-state index < -0.39 is 11.2 Å². The number of alkyl halides is 1. The Kier molecular flexibility index (Phi) is 15.4. The monoisotopic (exact) mass is 602 g/mol. The number of ether oxygens (including phenoxy) is 6. The van der Waals surface area contributed by atoms with Gasteiger partial charge in [0.2, 0.25) is 0 Å². The van der Waals surface area contributed by atoms with Crippen molar-refractivity contribution in [3.8, 4) is 12.1 Å². The topological polar surface area (TPSA) is 137 Å². The van der Waals surface area contributed by atoms with Gasteiger partial charge in [0.05, 0.1) is 74.9 Å². The summed E-state index contributed by atoms with van der Waals surface area (Å²) < 4.78 is 32.6. The molecule has 0 aromatic carbocycles. The minimum Gasteiger partial charge on any atom is -0.466 e. The standard InChI is InChI=1S/C13H19NO4.C11H18O4.C2H2BrN.CH4/c1-2-16-11(15)12(7-8-14)3-5-13(6-4-12)17-9-10-18-13;1-2-13-10(12)9-3-5-11(6-4-9)14-7-8-15-11;3-1-2-4;/h2-7,9-10H2,1H3;9H,2-8H2,1H3;1H2;1H4. The first-order chi connectivity index (χ1) is 17.8. The highest BCUT2D eigenvalue weighted by atomic mass is 79.9. The first-order valence-electron chi connectivity index (χ1n) is 13.0. The predicted octanol–water partition coefficient (Wildman–Crippen LogP) is 4.79. The normalized spacial score (nSPS) is 23.8. The molecule has 2 heterocycles. The Morgan fingerprint density at radius 1 is 0.816 bits per heavy atom. The lowest BCUT2D eigenvalue weighted by Crippen LogP contribution is -2.44. The average molecular weight is 604 g/mol. The fourth-order valence-electron chi connectivity index (χ4n) is 5.12. The fourth-order valence-corrected chi connectivity index (χ4v) is 5.12. The van der Waals surface area contributed by atoms with Crippen LogP contribution in [0.5, 0.6) is 0 Å². The number of rotatable bonds is 5. The number of esters is 2. The Labute approximate surface area is 235 Å². The number of hydrogen-bond donors (Lipinski definition) is 0. The minimum atomic E-state index is -0.661. The molecule has 0 bridgehead atoms. The number of hydrogen-bond acceptors (Lipinski definition) is 10. The summed E-state index contributed by atoms with van der Waals surface area (Å²) in [6, 6.07) is 3.96. The van der Waals surface area contributed by atoms with Crippen molar-refractivity contribution in [1.82, 2.24) is 0 Å². The Morgan fingerprint density at radius 2 is 1.26 bits per heavy atom. The van der Waals surface area contributed by atoms with Gasteiger partial charge in [-0.05, 0) is 39.5 Å². The van der Waals surface area contributed by atoms with Crippen molar-refractivity contribution < 1.29 is 38.0 Å². The second-order valence-electron chi connectivity index (χ2n) is 9.37. The summed E-state index contributed by atoms with van der Waals surface area (Å²) in [7, 11) is 0. The van der Waals surface area contributed by atoms with Gasteiger partial charge in [-0.1, -0.05) is 23.4 Å². The molecule has 0 atom stereocenters. The van der Waals surface area contributed by atoms with Crippen LogP contribution in [0.2, 0.25) is 0 Å². The quantitative estimate of drug-likeness (QED) is 0.319. The largest absolute Gasteiger partial charge is 0.466 e. The van der Waals surface area contributed by atoms with E-state index in [1.165, 1.54) is 0 Å². The van der Waals surface area contributed by atoms with Crippen LogP contribution in [0.15, 0.2) is 0 Å². The van der Waals surface area contributed by atoms with Gasteiger partial charge in [-0.25, -0.2) is 0 Å². The predicted molar refractivity (Wildman–Crippen MR) is 142 cm³/mol. The molecule has 2 saturated heterocycles. The maximum atomic E-state index is 12.1. The second-order valence-corrected chi connectivity index (χ2v) is 9.93. The molecule has 11 heteroatoms. The average Bonchev–Trinajstić information content (AvgIpc) is 3.57. The summed E-state index contributed by atoms with van der Waals surface area (Å²) >= 11 is 2.89. The van der Waals surface area contributed by atoms with Gasteiger partial charge in [-0.15, -0.1) is 0 Å². The highest BCUT2D eigenvalue weighted by molar-refractivity contribution is 9.09. The van der Waals surface area contributed by atoms with Crippen molar-refractivity contribution in [1.29, 1.82) is 10.5 Å². The van der Waals surface area contributed by atoms with E-state index in [0.29, 0.717) is 70.7 Å². The van der Waals surface area contributed by atoms with E-state index in [-0.39, 0.29) is 37.5 Å². The summed E-state index contributed by atoms with van der Waals surface area (Å²) in [5.74, 6) is -1.15. The smallest absolute Gasteiger partial charge is 0.313 e. The lowest BCUT2D eigenvalue weighted by atomic mass is 9.70. The van der Waals surface area contributed by atoms with Crippen LogP contribution in [0.3, 0.4) is 0 Å². The molecule has 2 aliphatic carbocycles. The molecule has 0 aromatic heterocycles. The molecular formula is C27H43BrN2O8. The number of carbonyl (C=O) groups excluding carboxylic acids is 2. The van der Waals surface area contributed by atoms with Crippen LogP contribution in [0.25, 0.3) is 0 Å². The summed E-state index contributed by atoms with van der Waals surface area (Å²) in [4.78, 5) is 23.6. The van der Waals surface area contributed by atoms with Crippen molar-refractivity contribution >= 4 is 27.9 Å². The number of halogens is 1. The second kappa shape index (κ2) is 17.0. The zero-order chi connectivity index (χ0) is 27.2. The molecule has 2 aliphatic heterocycles. The Bertz CT molecular complexity index is 793. The van der Waals surface area contributed by atoms with Crippen LogP contribution in [0.1, 0.15) is 79.1 Å². The van der Waals surface area contributed by atoms with Crippen LogP contribution in [-0.4, -0.2) is 68.5 Å². The number of nitrogens with zero attached hydrogens (tertiary/aromatic N) is 2. The maximum Gasteiger partial charge on any atom is 0.313 e. The van der Waals surface area contributed by atoms with Gasteiger partial charge in [0.1, 0.15) is 0 Å². The highest BCUT2D eigenvalue weighted by Gasteiger charge is 2.50. The molecule has 10 nitrogen and oxygen atoms in total. The molecule has 0 radical (unpaired) electrons. The zero-order valence-corrected chi connectivity index (χ0v) is 23.5. The Hall–Kier alpha value is -1.76. The van der Waals surface area contributed by atoms with Crippen molar-refractivity contribution in [2.45, 2.75) is 90.6 Å². The lowest BCUT2D eigenvalue weighted by Gasteiger charge is -2.40. The number of nitriles is 2. The van der Waals surface area contributed by atoms with Gasteiger partial charge < -0.3 is 28.4 Å². The molecule has 2 spiro atoms. The van der Waals surface area contributed by atoms with Gasteiger partial charge in [-0.2, -0.15) is 10.5 Å². The van der Waals surface area contributed by atoms with E-state index in [2.05, 4.69) is 22.0 Å². The molecule has 4 aliphatic rings. The van der Waals surface area contributed by atoms with Crippen LogP contribution < -0.4 is 0 Å². The molecule has 0 N–H and O–H groups in total. The molecular weight excluding hydrogens is 560 g/mol. The summed E-state index contributed by atoms with van der Waals surface area (Å²) in [6.45, 7) is 7.04. The molecule has 0 aromatic rings. The Balaban J connectivity index is 0.000000329. The van der Waals surface area contributed by atoms with Gasteiger partial charge in [0.25, 0.3) is 0 Å². The zero-order valence-electron chi connectivity index (χ0n) is 21.9. The lowest BCUT2D eigenvalue weighted by molar-refractivity contribution is -0.199. The van der Waals surface area contributed by atoms with Crippen LogP contribution in [0.4, 0.5) is 0 Å². The fraction of sp³-hybridized carbons (Fsp3) is 0.852. The maximum absolute atomic E-state index is 12.1. The first-order valence-corrected chi connectivity index (χ1v) is 14.2. The van der Waals surface area contributed by atoms with Crippen molar-refractivity contribution in [3.05, 3.63) is 0 Å². The van der Waals surface area contributed by atoms with Crippen LogP contribution >= 0.6 is 15.9 Å². The Morgan fingerprint density at radius 3 is 1.66 bits per heavy atom. The van der Waals surface area contributed by atoms with Gasteiger partial charge in [-0.3, -0.25) is 9.59 Å². The van der Waals surface area contributed by atoms with Crippen molar-refractivity contribution in [3.63, 3.8) is 0 Å². The van der Waals surface area contributed by atoms with Gasteiger partial charge in [0, 0.05) is 25.7 Å². The van der Waals surface area contributed by atoms with E-state index >= 15 is 0 Å². The van der Waals surface area contributed by atoms with Crippen molar-refractivity contribution in [2.75, 3.05) is 45.0 Å². The van der Waals surface area contributed by atoms with E-state index in [9.17, 15) is 9.59 Å². The number of carbonyl (C=O) groups is 2. The molecule has 216 valence electrons. The van der Waals surface area contributed by atoms with E-state index in [1.54, 1.807) is 6.92 Å². The highest BCUT2D eigenvalue weighted by Crippen LogP contribution is 2.47. The third-order valence-electron chi connectivity index (χ3n) is 7.15. The van der Waals surface area contributed by atoms with Crippen LogP contribution in [-0.2, 0) is 38.0 Å². The van der Waals surface area contributed by atoms with Crippen LogP contribution in [0, 0.1) is 34.0 Å². The third kappa shape index (κ3) is 9.46. The van der Waals surface area contributed by atoms with E-state index in [4.69, 9.17) is 38.9 Å². The summed E-state index contributed by atoms with van der Waals surface area (Å²) in [5, 5.41) is 17.0. The molecule has 2 saturated carbocycles. The van der Waals surface area contributed by atoms with Crippen molar-refractivity contribution in [2.24, 2.45) is 11.3 Å². The molecule has 0 unspecified atom stereocenters. The molecule has 0 amide bonds. The van der Waals surface area contributed by atoms with E-state index in [1.807, 2.05) is 13.0 Å². The summed E-state index contributed by atoms with van der Waals surface area (Å²) in [6.07, 6.45) is 5.99. The third-order valence-corrected chi connectivity index (χ3v) is 7.40. The molecule has 4 fully saturated rings. The van der Waals surface area contributed by atoms with Gasteiger partial charge >= 0.3 is 11.9 Å². The molecule has 4 rings (SSSR count). The van der Waals surface area contributed by atoms with E-state index in [0.717, 1.165) is 25.7 Å². The first kappa shape index (κ1) is 34.3. The minimum absolute atomic E-state index is 0. The molecule has 38 heavy (non-hydrogen) atoms. The SMILES string of the molecule is C.CCOC(=O)C1(CC#N)CCC2(CC1)OCCO2.CCOC(=O)C1CCC2(CC1)OCCO2.N#CCBr.